The highest BCUT2D eigenvalue weighted by molar-refractivity contribution is 6.61. The van der Waals surface area contributed by atoms with Gasteiger partial charge in [-0.1, -0.05) is 6.07 Å². The van der Waals surface area contributed by atoms with Gasteiger partial charge < -0.3 is 14.8 Å². The quantitative estimate of drug-likeness (QED) is 0.743. The van der Waals surface area contributed by atoms with Crippen molar-refractivity contribution in [2.45, 2.75) is 19.4 Å². The molecule has 4 nitrogen and oxygen atoms in total. The summed E-state index contributed by atoms with van der Waals surface area (Å²) in [5, 5.41) is 17.9. The lowest BCUT2D eigenvalue weighted by Crippen LogP contribution is -2.29. The third-order valence-electron chi connectivity index (χ3n) is 2.68. The van der Waals surface area contributed by atoms with E-state index in [2.05, 4.69) is 0 Å². The fraction of sp³-hybridized carbons (Fsp3) is 0.300. The van der Waals surface area contributed by atoms with E-state index >= 15 is 0 Å². The van der Waals surface area contributed by atoms with Crippen molar-refractivity contribution in [2.24, 2.45) is 0 Å². The van der Waals surface area contributed by atoms with Gasteiger partial charge in [0.15, 0.2) is 11.6 Å². The zero-order valence-electron chi connectivity index (χ0n) is 8.74. The molecule has 17 heavy (non-hydrogen) atoms. The molecule has 2 N–H and O–H groups in total. The lowest BCUT2D eigenvalue weighted by atomic mass is 9.78. The van der Waals surface area contributed by atoms with Gasteiger partial charge in [-0.25, -0.2) is 8.78 Å². The number of carboxylic acid groups (broad SMARTS) is 1. The molecule has 0 aliphatic carbocycles. The summed E-state index contributed by atoms with van der Waals surface area (Å²) in [7, 11) is -1.27. The number of fused-ring (bicyclic) bond motifs is 1. The highest BCUT2D eigenvalue weighted by Crippen LogP contribution is 2.21. The predicted molar refractivity (Wildman–Crippen MR) is 54.7 cm³/mol. The maximum absolute atomic E-state index is 13.5. The molecule has 90 valence electrons. The molecule has 2 rings (SSSR count). The van der Waals surface area contributed by atoms with Crippen LogP contribution in [-0.4, -0.2) is 23.2 Å². The van der Waals surface area contributed by atoms with Crippen LogP contribution in [0.15, 0.2) is 6.07 Å². The molecule has 0 aromatic heterocycles. The Morgan fingerprint density at radius 1 is 1.47 bits per heavy atom. The van der Waals surface area contributed by atoms with Gasteiger partial charge >= 0.3 is 13.1 Å². The molecular weight excluding hydrogens is 233 g/mol. The van der Waals surface area contributed by atoms with Crippen LogP contribution in [0.1, 0.15) is 17.5 Å². The number of hydrogen-bond acceptors (Lipinski definition) is 3. The van der Waals surface area contributed by atoms with E-state index < -0.39 is 24.7 Å². The summed E-state index contributed by atoms with van der Waals surface area (Å²) in [6.45, 7) is -0.182. The van der Waals surface area contributed by atoms with Crippen LogP contribution < -0.4 is 5.46 Å². The Morgan fingerprint density at radius 2 is 2.18 bits per heavy atom. The normalized spacial score (nSPS) is 13.9. The minimum Gasteiger partial charge on any atom is -0.481 e. The number of carbonyl (C=O) groups is 1. The molecule has 1 aromatic carbocycles. The molecule has 0 unspecified atom stereocenters. The van der Waals surface area contributed by atoms with E-state index in [4.69, 9.17) is 9.76 Å². The Balaban J connectivity index is 2.37. The Bertz CT molecular complexity index is 478. The average molecular weight is 242 g/mol. The van der Waals surface area contributed by atoms with Gasteiger partial charge in [0, 0.05) is 12.0 Å². The molecule has 0 fully saturated rings. The van der Waals surface area contributed by atoms with Crippen molar-refractivity contribution in [3.05, 3.63) is 28.8 Å². The van der Waals surface area contributed by atoms with Gasteiger partial charge in [0.2, 0.25) is 0 Å². The molecule has 7 heteroatoms. The molecule has 0 spiro atoms. The van der Waals surface area contributed by atoms with Crippen molar-refractivity contribution in [1.82, 2.24) is 0 Å². The van der Waals surface area contributed by atoms with Crippen molar-refractivity contribution in [3.8, 4) is 0 Å². The first-order chi connectivity index (χ1) is 8.00. The molecule has 1 aromatic rings. The monoisotopic (exact) mass is 242 g/mol. The topological polar surface area (TPSA) is 66.8 Å². The van der Waals surface area contributed by atoms with Crippen LogP contribution in [0.5, 0.6) is 0 Å². The molecule has 0 atom stereocenters. The summed E-state index contributed by atoms with van der Waals surface area (Å²) in [6, 6.07) is 1.26. The van der Waals surface area contributed by atoms with E-state index in [1.54, 1.807) is 0 Å². The Morgan fingerprint density at radius 3 is 2.82 bits per heavy atom. The van der Waals surface area contributed by atoms with E-state index in [1.807, 2.05) is 0 Å². The summed E-state index contributed by atoms with van der Waals surface area (Å²) < 4.78 is 31.8. The molecule has 1 aliphatic rings. The number of rotatable bonds is 3. The van der Waals surface area contributed by atoms with Crippen molar-refractivity contribution >= 4 is 18.6 Å². The number of hydrogen-bond donors (Lipinski definition) is 2. The molecule has 0 saturated heterocycles. The number of aliphatic carboxylic acids is 1. The molecule has 1 heterocycles. The minimum atomic E-state index is -1.27. The zero-order chi connectivity index (χ0) is 12.6. The smallest absolute Gasteiger partial charge is 0.481 e. The Kier molecular flexibility index (Phi) is 3.12. The van der Waals surface area contributed by atoms with Crippen LogP contribution in [0.25, 0.3) is 0 Å². The van der Waals surface area contributed by atoms with Crippen LogP contribution in [0.2, 0.25) is 0 Å². The first-order valence-electron chi connectivity index (χ1n) is 5.01. The maximum Gasteiger partial charge on any atom is 0.491 e. The minimum absolute atomic E-state index is 0.00549. The van der Waals surface area contributed by atoms with E-state index in [0.29, 0.717) is 0 Å². The van der Waals surface area contributed by atoms with Crippen molar-refractivity contribution in [1.29, 1.82) is 0 Å². The van der Waals surface area contributed by atoms with Gasteiger partial charge in [0.1, 0.15) is 0 Å². The first kappa shape index (κ1) is 12.0. The van der Waals surface area contributed by atoms with Gasteiger partial charge in [-0.15, -0.1) is 0 Å². The lowest BCUT2D eigenvalue weighted by molar-refractivity contribution is -0.136. The SMILES string of the molecule is O=C(O)CCc1cc2c(c(F)c1F)COB2O. The van der Waals surface area contributed by atoms with Gasteiger partial charge in [-0.05, 0) is 17.4 Å². The van der Waals surface area contributed by atoms with Gasteiger partial charge in [0.25, 0.3) is 0 Å². The average Bonchev–Trinajstić information content (AvgIpc) is 2.63. The molecule has 0 amide bonds. The van der Waals surface area contributed by atoms with Crippen molar-refractivity contribution < 1.29 is 28.4 Å². The highest BCUT2D eigenvalue weighted by atomic mass is 19.2. The Labute approximate surface area is 96.0 Å². The summed E-state index contributed by atoms with van der Waals surface area (Å²) in [5.74, 6) is -3.23. The maximum atomic E-state index is 13.5. The number of halogens is 2. The van der Waals surface area contributed by atoms with Crippen LogP contribution in [0.4, 0.5) is 8.78 Å². The fourth-order valence-electron chi connectivity index (χ4n) is 1.78. The number of aryl methyl sites for hydroxylation is 1. The molecule has 0 radical (unpaired) electrons. The second kappa shape index (κ2) is 4.42. The largest absolute Gasteiger partial charge is 0.491 e. The second-order valence-corrected chi connectivity index (χ2v) is 3.79. The van der Waals surface area contributed by atoms with Crippen molar-refractivity contribution in [2.75, 3.05) is 0 Å². The van der Waals surface area contributed by atoms with E-state index in [1.165, 1.54) is 6.07 Å². The highest BCUT2D eigenvalue weighted by Gasteiger charge is 2.32. The van der Waals surface area contributed by atoms with Crippen LogP contribution in [0.3, 0.4) is 0 Å². The van der Waals surface area contributed by atoms with E-state index in [0.717, 1.165) is 0 Å². The molecule has 1 aliphatic heterocycles. The summed E-state index contributed by atoms with van der Waals surface area (Å²) >= 11 is 0. The van der Waals surface area contributed by atoms with Crippen LogP contribution in [-0.2, 0) is 22.5 Å². The Hall–Kier alpha value is -1.47. The third-order valence-corrected chi connectivity index (χ3v) is 2.68. The number of benzene rings is 1. The van der Waals surface area contributed by atoms with E-state index in [-0.39, 0.29) is 36.0 Å². The summed E-state index contributed by atoms with van der Waals surface area (Å²) in [6.07, 6.45) is -0.426. The standard InChI is InChI=1S/C10H9BF2O4/c12-9-5(1-2-8(14)15)3-7-6(10(9)13)4-17-11(7)16/h3,16H,1-2,4H2,(H,14,15). The molecule has 0 saturated carbocycles. The molecular formula is C10H9BF2O4. The summed E-state index contributed by atoms with van der Waals surface area (Å²) in [5.41, 5.74) is 0.103. The molecule has 0 bridgehead atoms. The lowest BCUT2D eigenvalue weighted by Gasteiger charge is -2.07. The van der Waals surface area contributed by atoms with Gasteiger partial charge in [-0.2, -0.15) is 0 Å². The first-order valence-corrected chi connectivity index (χ1v) is 5.01. The van der Waals surface area contributed by atoms with Crippen LogP contribution in [0, 0.1) is 11.6 Å². The second-order valence-electron chi connectivity index (χ2n) is 3.79. The number of carboxylic acids is 1. The van der Waals surface area contributed by atoms with E-state index in [9.17, 15) is 18.6 Å². The van der Waals surface area contributed by atoms with Gasteiger partial charge in [-0.3, -0.25) is 4.79 Å². The summed E-state index contributed by atoms with van der Waals surface area (Å²) in [4.78, 5) is 10.4. The van der Waals surface area contributed by atoms with Gasteiger partial charge in [0.05, 0.1) is 6.61 Å². The zero-order valence-corrected chi connectivity index (χ0v) is 8.74. The van der Waals surface area contributed by atoms with Crippen LogP contribution >= 0.6 is 0 Å². The van der Waals surface area contributed by atoms with Crippen molar-refractivity contribution in [3.63, 3.8) is 0 Å². The third kappa shape index (κ3) is 2.16. The fourth-order valence-corrected chi connectivity index (χ4v) is 1.78. The predicted octanol–water partition coefficient (Wildman–Crippen LogP) is 0.200.